The molecule has 0 bridgehead atoms. The number of fused-ring (bicyclic) bond motifs is 1. The fraction of sp³-hybridized carbons (Fsp3) is 0.0400. The van der Waals surface area contributed by atoms with E-state index in [-0.39, 0.29) is 27.7 Å². The van der Waals surface area contributed by atoms with Crippen molar-refractivity contribution < 1.29 is 22.1 Å². The number of hydrogen-bond donors (Lipinski definition) is 1. The Bertz CT molecular complexity index is 1770. The van der Waals surface area contributed by atoms with E-state index in [2.05, 4.69) is 14.4 Å². The van der Waals surface area contributed by atoms with Crippen molar-refractivity contribution in [2.24, 2.45) is 0 Å². The smallest absolute Gasteiger partial charge is 0.263 e. The van der Waals surface area contributed by atoms with Gasteiger partial charge in [0.1, 0.15) is 17.7 Å². The van der Waals surface area contributed by atoms with E-state index in [9.17, 15) is 13.2 Å². The molecule has 2 heterocycles. The minimum atomic E-state index is -3.99. The predicted octanol–water partition coefficient (Wildman–Crippen LogP) is 5.25. The fourth-order valence-corrected chi connectivity index (χ4v) is 5.08. The number of pyridine rings is 1. The molecule has 36 heavy (non-hydrogen) atoms. The van der Waals surface area contributed by atoms with Crippen LogP contribution in [0.5, 0.6) is 5.75 Å². The van der Waals surface area contributed by atoms with Crippen LogP contribution in [-0.4, -0.2) is 25.3 Å². The molecule has 0 aliphatic rings. The van der Waals surface area contributed by atoms with E-state index in [1.807, 2.05) is 0 Å². The molecule has 0 spiro atoms. The van der Waals surface area contributed by atoms with Gasteiger partial charge in [-0.1, -0.05) is 28.9 Å². The Labute approximate surface area is 209 Å². The van der Waals surface area contributed by atoms with Crippen molar-refractivity contribution in [1.29, 1.82) is 0 Å². The van der Waals surface area contributed by atoms with Crippen LogP contribution in [0, 0.1) is 5.82 Å². The molecule has 0 aliphatic carbocycles. The molecule has 0 saturated carbocycles. The molecular formula is C25H17ClFN3O5S. The summed E-state index contributed by atoms with van der Waals surface area (Å²) >= 11 is 6.08. The minimum Gasteiger partial charge on any atom is -0.494 e. The van der Waals surface area contributed by atoms with Gasteiger partial charge in [-0.05, 0) is 59.7 Å². The molecule has 0 saturated heterocycles. The lowest BCUT2D eigenvalue weighted by atomic mass is 10.0. The molecule has 5 aromatic rings. The van der Waals surface area contributed by atoms with Gasteiger partial charge >= 0.3 is 0 Å². The summed E-state index contributed by atoms with van der Waals surface area (Å²) in [5.74, 6) is -0.570. The Balaban J connectivity index is 1.66. The summed E-state index contributed by atoms with van der Waals surface area (Å²) in [5, 5.41) is 4.42. The summed E-state index contributed by atoms with van der Waals surface area (Å²) in [6, 6.07) is 18.0. The van der Waals surface area contributed by atoms with E-state index in [4.69, 9.17) is 16.3 Å². The van der Waals surface area contributed by atoms with Gasteiger partial charge in [-0.2, -0.15) is 0 Å². The first-order valence-electron chi connectivity index (χ1n) is 10.5. The molecule has 0 unspecified atom stereocenters. The van der Waals surface area contributed by atoms with Crippen LogP contribution in [-0.2, 0) is 10.0 Å². The second-order valence-corrected chi connectivity index (χ2v) is 9.86. The third kappa shape index (κ3) is 4.32. The number of hydrogen-bond acceptors (Lipinski definition) is 6. The number of methoxy groups -OCH3 is 1. The van der Waals surface area contributed by atoms with E-state index in [1.165, 1.54) is 55.8 Å². The molecule has 0 amide bonds. The summed E-state index contributed by atoms with van der Waals surface area (Å²) in [6.45, 7) is 0. The zero-order chi connectivity index (χ0) is 25.4. The van der Waals surface area contributed by atoms with Gasteiger partial charge in [0.25, 0.3) is 15.6 Å². The van der Waals surface area contributed by atoms with Crippen molar-refractivity contribution in [1.82, 2.24) is 9.72 Å². The Kier molecular flexibility index (Phi) is 5.99. The highest BCUT2D eigenvalue weighted by molar-refractivity contribution is 7.92. The van der Waals surface area contributed by atoms with Crippen LogP contribution in [0.25, 0.3) is 27.7 Å². The molecule has 11 heteroatoms. The highest BCUT2D eigenvalue weighted by atomic mass is 35.5. The Morgan fingerprint density at radius 2 is 1.86 bits per heavy atom. The monoisotopic (exact) mass is 525 g/mol. The average molecular weight is 526 g/mol. The molecule has 8 nitrogen and oxygen atoms in total. The van der Waals surface area contributed by atoms with Crippen LogP contribution in [0.3, 0.4) is 0 Å². The second-order valence-electron chi connectivity index (χ2n) is 7.74. The molecule has 2 aromatic heterocycles. The van der Waals surface area contributed by atoms with E-state index in [0.29, 0.717) is 21.5 Å². The summed E-state index contributed by atoms with van der Waals surface area (Å²) in [6.07, 6.45) is 1.23. The van der Waals surface area contributed by atoms with Crippen molar-refractivity contribution in [2.75, 3.05) is 11.8 Å². The van der Waals surface area contributed by atoms with Crippen molar-refractivity contribution in [3.8, 4) is 22.6 Å². The van der Waals surface area contributed by atoms with E-state index >= 15 is 4.39 Å². The van der Waals surface area contributed by atoms with Crippen LogP contribution in [0.2, 0.25) is 5.02 Å². The molecule has 0 fully saturated rings. The third-order valence-corrected chi connectivity index (χ3v) is 7.07. The summed E-state index contributed by atoms with van der Waals surface area (Å²) < 4.78 is 54.6. The lowest BCUT2D eigenvalue weighted by Crippen LogP contribution is -2.20. The molecule has 0 aliphatic heterocycles. The Hall–Kier alpha value is -4.15. The van der Waals surface area contributed by atoms with Crippen molar-refractivity contribution in [2.45, 2.75) is 4.90 Å². The maximum Gasteiger partial charge on any atom is 0.263 e. The molecular weight excluding hydrogens is 509 g/mol. The number of aromatic nitrogens is 2. The minimum absolute atomic E-state index is 0.0201. The molecule has 5 rings (SSSR count). The summed E-state index contributed by atoms with van der Waals surface area (Å²) in [5.41, 5.74) is 0.847. The largest absolute Gasteiger partial charge is 0.494 e. The van der Waals surface area contributed by atoms with Crippen LogP contribution in [0.15, 0.2) is 93.3 Å². The number of nitrogens with one attached hydrogen (secondary N) is 1. The van der Waals surface area contributed by atoms with Gasteiger partial charge in [0, 0.05) is 22.5 Å². The molecule has 3 aromatic carbocycles. The van der Waals surface area contributed by atoms with E-state index in [1.54, 1.807) is 30.3 Å². The molecule has 1 N–H and O–H groups in total. The second kappa shape index (κ2) is 9.14. The Morgan fingerprint density at radius 1 is 1.03 bits per heavy atom. The lowest BCUT2D eigenvalue weighted by molar-refractivity contribution is 0.409. The molecule has 0 atom stereocenters. The van der Waals surface area contributed by atoms with E-state index in [0.717, 1.165) is 4.57 Å². The van der Waals surface area contributed by atoms with Gasteiger partial charge in [-0.3, -0.25) is 14.1 Å². The van der Waals surface area contributed by atoms with Crippen LogP contribution in [0.4, 0.5) is 10.2 Å². The average Bonchev–Trinajstić information content (AvgIpc) is 3.36. The standard InChI is InChI=1S/C25H17ClFN3O5S/c1-34-22-14-17(15-3-2-4-18(26)11-15)13-20(27)25(22)30-21-7-6-19(12-16(21)5-8-24(30)31)36(32,33)29-23-9-10-35-28-23/h2-14H,1H3,(H,28,29). The van der Waals surface area contributed by atoms with Gasteiger partial charge in [-0.25, -0.2) is 12.8 Å². The van der Waals surface area contributed by atoms with Gasteiger partial charge in [0.15, 0.2) is 11.6 Å². The highest BCUT2D eigenvalue weighted by Crippen LogP contribution is 2.34. The normalized spacial score (nSPS) is 11.5. The molecule has 0 radical (unpaired) electrons. The quantitative estimate of drug-likeness (QED) is 0.325. The number of nitrogens with zero attached hydrogens (tertiary/aromatic N) is 2. The maximum atomic E-state index is 15.6. The molecule has 182 valence electrons. The third-order valence-electron chi connectivity index (χ3n) is 5.48. The Morgan fingerprint density at radius 3 is 2.58 bits per heavy atom. The first-order valence-corrected chi connectivity index (χ1v) is 12.4. The zero-order valence-electron chi connectivity index (χ0n) is 18.6. The first kappa shape index (κ1) is 23.6. The lowest BCUT2D eigenvalue weighted by Gasteiger charge is -2.17. The highest BCUT2D eigenvalue weighted by Gasteiger charge is 2.21. The number of anilines is 1. The van der Waals surface area contributed by atoms with Crippen LogP contribution in [0.1, 0.15) is 0 Å². The number of benzene rings is 3. The first-order chi connectivity index (χ1) is 17.3. The maximum absolute atomic E-state index is 15.6. The van der Waals surface area contributed by atoms with Crippen molar-refractivity contribution in [3.63, 3.8) is 0 Å². The number of ether oxygens (including phenoxy) is 1. The van der Waals surface area contributed by atoms with Gasteiger partial charge < -0.3 is 9.26 Å². The topological polar surface area (TPSA) is 103 Å². The SMILES string of the molecule is COc1cc(-c2cccc(Cl)c2)cc(F)c1-n1c(=O)ccc2cc(S(=O)(=O)Nc3ccon3)ccc21. The number of halogens is 2. The van der Waals surface area contributed by atoms with Gasteiger partial charge in [0.2, 0.25) is 0 Å². The fourth-order valence-electron chi connectivity index (χ4n) is 3.86. The van der Waals surface area contributed by atoms with Gasteiger partial charge in [-0.15, -0.1) is 0 Å². The van der Waals surface area contributed by atoms with Gasteiger partial charge in [0.05, 0.1) is 17.5 Å². The zero-order valence-corrected chi connectivity index (χ0v) is 20.2. The summed E-state index contributed by atoms with van der Waals surface area (Å²) in [7, 11) is -2.62. The van der Waals surface area contributed by atoms with Crippen molar-refractivity contribution >= 4 is 38.3 Å². The number of sulfonamides is 1. The van der Waals surface area contributed by atoms with Crippen molar-refractivity contribution in [3.05, 3.63) is 100 Å². The summed E-state index contributed by atoms with van der Waals surface area (Å²) in [4.78, 5) is 12.8. The van der Waals surface area contributed by atoms with Crippen LogP contribution >= 0.6 is 11.6 Å². The van der Waals surface area contributed by atoms with Crippen LogP contribution < -0.4 is 15.0 Å². The number of rotatable bonds is 6. The van der Waals surface area contributed by atoms with E-state index < -0.39 is 21.4 Å². The predicted molar refractivity (Wildman–Crippen MR) is 134 cm³/mol.